The molecule has 0 aliphatic heterocycles. The lowest BCUT2D eigenvalue weighted by Crippen LogP contribution is -2.11. The van der Waals surface area contributed by atoms with Crippen LogP contribution in [-0.4, -0.2) is 11.6 Å². The summed E-state index contributed by atoms with van der Waals surface area (Å²) in [5, 5.41) is 4.71. The molecule has 2 aromatic rings. The lowest BCUT2D eigenvalue weighted by atomic mass is 9.97. The lowest BCUT2D eigenvalue weighted by Gasteiger charge is -2.10. The van der Waals surface area contributed by atoms with Gasteiger partial charge in [0, 0.05) is 24.7 Å². The van der Waals surface area contributed by atoms with Crippen molar-refractivity contribution in [3.63, 3.8) is 0 Å². The summed E-state index contributed by atoms with van der Waals surface area (Å²) in [6.45, 7) is 9.91. The summed E-state index contributed by atoms with van der Waals surface area (Å²) in [6.07, 6.45) is 0. The van der Waals surface area contributed by atoms with Crippen molar-refractivity contribution in [1.29, 1.82) is 0 Å². The minimum atomic E-state index is 0.555. The second-order valence-corrected chi connectivity index (χ2v) is 5.51. The summed E-state index contributed by atoms with van der Waals surface area (Å²) in [7, 11) is 4.20. The molecule has 0 amide bonds. The number of fused-ring (bicyclic) bond motifs is 1. The van der Waals surface area contributed by atoms with Gasteiger partial charge in [-0.15, -0.1) is 0 Å². The van der Waals surface area contributed by atoms with E-state index in [2.05, 4.69) is 56.8 Å². The Hall–Kier alpha value is -1.28. The Labute approximate surface area is 110 Å². The van der Waals surface area contributed by atoms with Gasteiger partial charge in [-0.25, -0.2) is 0 Å². The topological polar surface area (TPSA) is 17.0 Å². The van der Waals surface area contributed by atoms with Crippen LogP contribution in [0.4, 0.5) is 0 Å². The fourth-order valence-corrected chi connectivity index (χ4v) is 2.95. The highest BCUT2D eigenvalue weighted by atomic mass is 15.0. The van der Waals surface area contributed by atoms with Crippen molar-refractivity contribution >= 4 is 10.9 Å². The molecular weight excluding hydrogens is 220 g/mol. The predicted molar refractivity (Wildman–Crippen MR) is 79.2 cm³/mol. The summed E-state index contributed by atoms with van der Waals surface area (Å²) in [4.78, 5) is 0. The molecule has 2 heteroatoms. The van der Waals surface area contributed by atoms with Crippen molar-refractivity contribution in [2.75, 3.05) is 7.05 Å². The van der Waals surface area contributed by atoms with E-state index in [4.69, 9.17) is 0 Å². The maximum absolute atomic E-state index is 3.29. The number of nitrogens with one attached hydrogen (secondary N) is 1. The maximum Gasteiger partial charge on any atom is 0.0515 e. The molecule has 0 unspecified atom stereocenters. The molecule has 2 nitrogen and oxygen atoms in total. The van der Waals surface area contributed by atoms with Crippen molar-refractivity contribution in [2.24, 2.45) is 7.05 Å². The first-order valence-electron chi connectivity index (χ1n) is 6.71. The number of aromatic nitrogens is 1. The largest absolute Gasteiger partial charge is 0.346 e. The fourth-order valence-electron chi connectivity index (χ4n) is 2.95. The highest BCUT2D eigenvalue weighted by Gasteiger charge is 2.18. The van der Waals surface area contributed by atoms with Gasteiger partial charge in [0.1, 0.15) is 0 Å². The number of nitrogens with zero attached hydrogens (tertiary/aromatic N) is 1. The first kappa shape index (κ1) is 13.2. The van der Waals surface area contributed by atoms with E-state index in [1.54, 1.807) is 0 Å². The van der Waals surface area contributed by atoms with Gasteiger partial charge in [-0.3, -0.25) is 0 Å². The normalized spacial score (nSPS) is 11.7. The zero-order chi connectivity index (χ0) is 13.4. The Morgan fingerprint density at radius 3 is 2.44 bits per heavy atom. The molecule has 0 saturated heterocycles. The van der Waals surface area contributed by atoms with Crippen LogP contribution < -0.4 is 5.32 Å². The molecule has 1 aromatic heterocycles. The summed E-state index contributed by atoms with van der Waals surface area (Å²) in [5.74, 6) is 0.555. The zero-order valence-electron chi connectivity index (χ0n) is 12.4. The molecule has 1 N–H and O–H groups in total. The molecule has 0 fully saturated rings. The lowest BCUT2D eigenvalue weighted by molar-refractivity contribution is 0.717. The molecule has 0 spiro atoms. The van der Waals surface area contributed by atoms with Crippen LogP contribution in [0.15, 0.2) is 12.1 Å². The molecule has 0 aliphatic rings. The first-order valence-corrected chi connectivity index (χ1v) is 6.71. The van der Waals surface area contributed by atoms with Crippen LogP contribution in [0.5, 0.6) is 0 Å². The molecule has 0 saturated carbocycles. The van der Waals surface area contributed by atoms with E-state index in [-0.39, 0.29) is 0 Å². The zero-order valence-corrected chi connectivity index (χ0v) is 12.4. The summed E-state index contributed by atoms with van der Waals surface area (Å²) >= 11 is 0. The third kappa shape index (κ3) is 1.85. The third-order valence-corrected chi connectivity index (χ3v) is 3.96. The Kier molecular flexibility index (Phi) is 3.49. The van der Waals surface area contributed by atoms with Gasteiger partial charge < -0.3 is 9.88 Å². The van der Waals surface area contributed by atoms with Crippen LogP contribution in [0.3, 0.4) is 0 Å². The smallest absolute Gasteiger partial charge is 0.0515 e. The van der Waals surface area contributed by atoms with E-state index in [0.29, 0.717) is 5.92 Å². The van der Waals surface area contributed by atoms with E-state index in [1.807, 2.05) is 7.05 Å². The predicted octanol–water partition coefficient (Wildman–Crippen LogP) is 3.64. The van der Waals surface area contributed by atoms with E-state index in [1.165, 1.54) is 33.3 Å². The minimum absolute atomic E-state index is 0.555. The average Bonchev–Trinajstić information content (AvgIpc) is 2.59. The van der Waals surface area contributed by atoms with Crippen molar-refractivity contribution in [2.45, 2.75) is 40.2 Å². The maximum atomic E-state index is 3.29. The van der Waals surface area contributed by atoms with Crippen LogP contribution in [0.1, 0.15) is 42.1 Å². The Balaban J connectivity index is 2.87. The highest BCUT2D eigenvalue weighted by molar-refractivity contribution is 5.89. The van der Waals surface area contributed by atoms with Crippen molar-refractivity contribution < 1.29 is 0 Å². The molecule has 0 bridgehead atoms. The molecular formula is C16H24N2. The van der Waals surface area contributed by atoms with E-state index < -0.39 is 0 Å². The molecule has 1 aromatic carbocycles. The highest BCUT2D eigenvalue weighted by Crippen LogP contribution is 2.34. The van der Waals surface area contributed by atoms with Crippen LogP contribution >= 0.6 is 0 Å². The number of hydrogen-bond acceptors (Lipinski definition) is 1. The fraction of sp³-hybridized carbons (Fsp3) is 0.500. The van der Waals surface area contributed by atoms with Gasteiger partial charge in [0.25, 0.3) is 0 Å². The SMILES string of the molecule is CNCc1c(C(C)C)c2ccc(C)c(C)c2n1C. The van der Waals surface area contributed by atoms with Gasteiger partial charge in [-0.05, 0) is 43.5 Å². The van der Waals surface area contributed by atoms with Gasteiger partial charge in [0.15, 0.2) is 0 Å². The number of hydrogen-bond donors (Lipinski definition) is 1. The van der Waals surface area contributed by atoms with E-state index >= 15 is 0 Å². The third-order valence-electron chi connectivity index (χ3n) is 3.96. The minimum Gasteiger partial charge on any atom is -0.346 e. The van der Waals surface area contributed by atoms with E-state index in [9.17, 15) is 0 Å². The van der Waals surface area contributed by atoms with Gasteiger partial charge in [-0.2, -0.15) is 0 Å². The van der Waals surface area contributed by atoms with Gasteiger partial charge in [0.2, 0.25) is 0 Å². The van der Waals surface area contributed by atoms with Gasteiger partial charge >= 0.3 is 0 Å². The standard InChI is InChI=1S/C16H24N2/c1-10(2)15-13-8-7-11(3)12(4)16(13)18(6)14(15)9-17-5/h7-8,10,17H,9H2,1-6H3. The molecule has 2 rings (SSSR count). The van der Waals surface area contributed by atoms with Crippen molar-refractivity contribution in [3.8, 4) is 0 Å². The van der Waals surface area contributed by atoms with Gasteiger partial charge in [-0.1, -0.05) is 26.0 Å². The second kappa shape index (κ2) is 4.77. The number of benzene rings is 1. The van der Waals surface area contributed by atoms with Crippen LogP contribution in [0, 0.1) is 13.8 Å². The average molecular weight is 244 g/mol. The van der Waals surface area contributed by atoms with Crippen LogP contribution in [0.25, 0.3) is 10.9 Å². The Morgan fingerprint density at radius 2 is 1.89 bits per heavy atom. The monoisotopic (exact) mass is 244 g/mol. The Bertz CT molecular complexity index is 577. The molecule has 1 heterocycles. The van der Waals surface area contributed by atoms with Crippen molar-refractivity contribution in [1.82, 2.24) is 9.88 Å². The Morgan fingerprint density at radius 1 is 1.22 bits per heavy atom. The summed E-state index contributed by atoms with van der Waals surface area (Å²) in [6, 6.07) is 4.53. The first-order chi connectivity index (χ1) is 8.49. The van der Waals surface area contributed by atoms with Gasteiger partial charge in [0.05, 0.1) is 5.52 Å². The van der Waals surface area contributed by atoms with E-state index in [0.717, 1.165) is 6.54 Å². The molecule has 0 atom stereocenters. The number of rotatable bonds is 3. The van der Waals surface area contributed by atoms with Crippen molar-refractivity contribution in [3.05, 3.63) is 34.5 Å². The molecule has 0 radical (unpaired) electrons. The number of aryl methyl sites for hydroxylation is 3. The van der Waals surface area contributed by atoms with Crippen LogP contribution in [0.2, 0.25) is 0 Å². The molecule has 18 heavy (non-hydrogen) atoms. The summed E-state index contributed by atoms with van der Waals surface area (Å²) in [5.41, 5.74) is 7.07. The molecule has 0 aliphatic carbocycles. The quantitative estimate of drug-likeness (QED) is 0.872. The van der Waals surface area contributed by atoms with Crippen LogP contribution in [-0.2, 0) is 13.6 Å². The summed E-state index contributed by atoms with van der Waals surface area (Å²) < 4.78 is 2.36. The second-order valence-electron chi connectivity index (χ2n) is 5.51. The molecule has 98 valence electrons.